The number of fused-ring (bicyclic) bond motifs is 5. The highest BCUT2D eigenvalue weighted by Crippen LogP contribution is 2.68. The number of amides is 1. The Bertz CT molecular complexity index is 1260. The second-order valence-corrected chi connectivity index (χ2v) is 15.9. The van der Waals surface area contributed by atoms with Crippen molar-refractivity contribution in [1.82, 2.24) is 0 Å². The van der Waals surface area contributed by atoms with Gasteiger partial charge in [-0.25, -0.2) is 9.78 Å². The second-order valence-electron chi connectivity index (χ2n) is 14.5. The van der Waals surface area contributed by atoms with Gasteiger partial charge in [0, 0.05) is 36.3 Å². The Morgan fingerprint density at radius 1 is 1.07 bits per heavy atom. The lowest BCUT2D eigenvalue weighted by Crippen LogP contribution is -2.67. The number of hydrogen-bond acceptors (Lipinski definition) is 7. The Labute approximate surface area is 248 Å². The highest BCUT2D eigenvalue weighted by atomic mass is 32.2. The minimum atomic E-state index is -0.985. The van der Waals surface area contributed by atoms with Gasteiger partial charge in [-0.15, -0.1) is 11.8 Å². The van der Waals surface area contributed by atoms with Crippen LogP contribution in [0.2, 0.25) is 0 Å². The molecule has 8 heteroatoms. The Kier molecular flexibility index (Phi) is 7.20. The van der Waals surface area contributed by atoms with Crippen LogP contribution in [0.1, 0.15) is 92.4 Å². The molecule has 1 aromatic carbocycles. The average molecular weight is 584 g/mol. The minimum absolute atomic E-state index is 0.0207. The highest BCUT2D eigenvalue weighted by Gasteiger charge is 2.67. The van der Waals surface area contributed by atoms with Gasteiger partial charge in [0.15, 0.2) is 0 Å². The van der Waals surface area contributed by atoms with E-state index in [2.05, 4.69) is 38.2 Å². The SMILES string of the molecule is CC(=O)Nc1cccc(S[C@]23CCC4(CC(C)(C)COO4)C[C@]2(O)CC[C@@H]2C3=CC[C@]3(C)[C@@H](OC(C)=O)CC[C@@H]23)c1. The predicted molar refractivity (Wildman–Crippen MR) is 158 cm³/mol. The molecule has 1 heterocycles. The summed E-state index contributed by atoms with van der Waals surface area (Å²) in [5.41, 5.74) is 0.514. The maximum absolute atomic E-state index is 12.9. The van der Waals surface area contributed by atoms with Gasteiger partial charge in [0.1, 0.15) is 11.7 Å². The van der Waals surface area contributed by atoms with Gasteiger partial charge in [0.05, 0.1) is 17.0 Å². The summed E-state index contributed by atoms with van der Waals surface area (Å²) >= 11 is 1.76. The molecular weight excluding hydrogens is 538 g/mol. The topological polar surface area (TPSA) is 94.1 Å². The van der Waals surface area contributed by atoms with Crippen molar-refractivity contribution >= 4 is 29.3 Å². The lowest BCUT2D eigenvalue weighted by Gasteiger charge is -2.63. The van der Waals surface area contributed by atoms with Gasteiger partial charge in [-0.3, -0.25) is 9.59 Å². The quantitative estimate of drug-likeness (QED) is 0.234. The fraction of sp³-hybridized carbons (Fsp3) is 0.697. The maximum atomic E-state index is 12.9. The molecule has 0 aromatic heterocycles. The van der Waals surface area contributed by atoms with Gasteiger partial charge in [-0.05, 0) is 86.8 Å². The van der Waals surface area contributed by atoms with E-state index in [1.54, 1.807) is 11.8 Å². The van der Waals surface area contributed by atoms with Crippen molar-refractivity contribution in [2.45, 2.75) is 119 Å². The molecule has 1 aliphatic heterocycles. The monoisotopic (exact) mass is 583 g/mol. The summed E-state index contributed by atoms with van der Waals surface area (Å²) in [6, 6.07) is 7.99. The molecule has 1 spiro atoms. The Morgan fingerprint density at radius 2 is 1.88 bits per heavy atom. The van der Waals surface area contributed by atoms with Crippen molar-refractivity contribution in [3.8, 4) is 0 Å². The number of carbonyl (C=O) groups is 2. The van der Waals surface area contributed by atoms with Crippen LogP contribution in [-0.4, -0.2) is 45.6 Å². The number of ether oxygens (including phenoxy) is 1. The van der Waals surface area contributed by atoms with Gasteiger partial charge in [0.2, 0.25) is 5.91 Å². The van der Waals surface area contributed by atoms with Crippen molar-refractivity contribution in [2.75, 3.05) is 11.9 Å². The lowest BCUT2D eigenvalue weighted by atomic mass is 9.51. The molecular formula is C33H45NO6S. The van der Waals surface area contributed by atoms with Crippen molar-refractivity contribution < 1.29 is 29.2 Å². The summed E-state index contributed by atoms with van der Waals surface area (Å²) in [4.78, 5) is 36.6. The zero-order chi connectivity index (χ0) is 29.3. The van der Waals surface area contributed by atoms with E-state index in [1.807, 2.05) is 18.2 Å². The highest BCUT2D eigenvalue weighted by molar-refractivity contribution is 8.01. The first kappa shape index (κ1) is 29.2. The van der Waals surface area contributed by atoms with E-state index >= 15 is 0 Å². The first-order chi connectivity index (χ1) is 19.3. The first-order valence-electron chi connectivity index (χ1n) is 15.3. The van der Waals surface area contributed by atoms with Crippen molar-refractivity contribution in [1.29, 1.82) is 0 Å². The van der Waals surface area contributed by atoms with Gasteiger partial charge in [-0.1, -0.05) is 38.5 Å². The molecule has 2 N–H and O–H groups in total. The maximum Gasteiger partial charge on any atom is 0.302 e. The van der Waals surface area contributed by atoms with E-state index in [4.69, 9.17) is 14.5 Å². The molecule has 4 fully saturated rings. The van der Waals surface area contributed by atoms with E-state index in [-0.39, 0.29) is 28.8 Å². The molecule has 1 aromatic rings. The van der Waals surface area contributed by atoms with E-state index in [0.29, 0.717) is 31.3 Å². The van der Waals surface area contributed by atoms with E-state index < -0.39 is 15.9 Å². The van der Waals surface area contributed by atoms with Crippen LogP contribution in [0.15, 0.2) is 40.8 Å². The predicted octanol–water partition coefficient (Wildman–Crippen LogP) is 6.60. The molecule has 3 saturated carbocycles. The first-order valence-corrected chi connectivity index (χ1v) is 16.1. The van der Waals surface area contributed by atoms with Crippen LogP contribution in [0, 0.1) is 22.7 Å². The zero-order valence-corrected chi connectivity index (χ0v) is 25.9. The standard InChI is InChI=1S/C33H45NO6S/c1-21(35)34-23-7-6-8-24(17-23)41-33-16-15-31(18-29(3,4)20-38-40-31)19-32(33,37)14-11-25-26-9-10-28(39-22(2)36)30(26,5)13-12-27(25)33/h6-8,12,17,25-26,28,37H,9-11,13-16,18-20H2,1-5H3,(H,34,35)/t25-,26-,28-,30-,31?,32+,33-/m0/s1. The second kappa shape index (κ2) is 10.1. The minimum Gasteiger partial charge on any atom is -0.462 e. The van der Waals surface area contributed by atoms with Crippen molar-refractivity contribution in [3.05, 3.63) is 35.9 Å². The number of benzene rings is 1. The number of thioether (sulfide) groups is 1. The molecule has 1 unspecified atom stereocenters. The Morgan fingerprint density at radius 3 is 2.61 bits per heavy atom. The van der Waals surface area contributed by atoms with Gasteiger partial charge >= 0.3 is 5.97 Å². The zero-order valence-electron chi connectivity index (χ0n) is 25.1. The third-order valence-electron chi connectivity index (χ3n) is 10.8. The fourth-order valence-electron chi connectivity index (χ4n) is 9.32. The summed E-state index contributed by atoms with van der Waals surface area (Å²) in [5, 5.41) is 15.8. The number of hydrogen-bond donors (Lipinski definition) is 2. The summed E-state index contributed by atoms with van der Waals surface area (Å²) in [6.07, 6.45) is 9.66. The summed E-state index contributed by atoms with van der Waals surface area (Å²) < 4.78 is 5.34. The van der Waals surface area contributed by atoms with Crippen LogP contribution in [-0.2, 0) is 24.1 Å². The van der Waals surface area contributed by atoms with Crippen molar-refractivity contribution in [2.24, 2.45) is 22.7 Å². The third-order valence-corrected chi connectivity index (χ3v) is 12.5. The molecule has 7 atom stereocenters. The number of aliphatic hydroxyl groups is 1. The van der Waals surface area contributed by atoms with Crippen LogP contribution in [0.3, 0.4) is 0 Å². The van der Waals surface area contributed by atoms with Crippen LogP contribution in [0.5, 0.6) is 0 Å². The van der Waals surface area contributed by atoms with Crippen LogP contribution in [0.4, 0.5) is 5.69 Å². The molecule has 1 saturated heterocycles. The summed E-state index contributed by atoms with van der Waals surface area (Å²) in [5.74, 6) is 0.429. The largest absolute Gasteiger partial charge is 0.462 e. The number of allylic oxidation sites excluding steroid dienone is 1. The number of carbonyl (C=O) groups excluding carboxylic acids is 2. The van der Waals surface area contributed by atoms with Gasteiger partial charge in [0.25, 0.3) is 0 Å². The molecule has 5 aliphatic rings. The molecule has 7 nitrogen and oxygen atoms in total. The smallest absolute Gasteiger partial charge is 0.302 e. The van der Waals surface area contributed by atoms with E-state index in [1.165, 1.54) is 19.4 Å². The van der Waals surface area contributed by atoms with Crippen LogP contribution in [0.25, 0.3) is 0 Å². The van der Waals surface area contributed by atoms with E-state index in [0.717, 1.165) is 55.5 Å². The summed E-state index contributed by atoms with van der Waals surface area (Å²) in [6.45, 7) is 10.3. The molecule has 1 amide bonds. The number of nitrogens with one attached hydrogen (secondary N) is 1. The number of rotatable bonds is 4. The van der Waals surface area contributed by atoms with E-state index in [9.17, 15) is 14.7 Å². The molecule has 6 rings (SSSR count). The Balaban J connectivity index is 1.40. The molecule has 0 radical (unpaired) electrons. The van der Waals surface area contributed by atoms with Gasteiger partial charge < -0.3 is 15.2 Å². The Hall–Kier alpha value is -1.87. The average Bonchev–Trinajstić information content (AvgIpc) is 3.19. The van der Waals surface area contributed by atoms with Crippen molar-refractivity contribution in [3.63, 3.8) is 0 Å². The number of anilines is 1. The normalized spacial score (nSPS) is 41.0. The van der Waals surface area contributed by atoms with Gasteiger partial charge in [-0.2, -0.15) is 0 Å². The van der Waals surface area contributed by atoms with Crippen LogP contribution < -0.4 is 5.32 Å². The number of esters is 1. The third kappa shape index (κ3) is 4.96. The molecule has 4 aliphatic carbocycles. The fourth-order valence-corrected chi connectivity index (χ4v) is 11.0. The lowest BCUT2D eigenvalue weighted by molar-refractivity contribution is -0.417. The van der Waals surface area contributed by atoms with Crippen LogP contribution >= 0.6 is 11.8 Å². The molecule has 224 valence electrons. The summed E-state index contributed by atoms with van der Waals surface area (Å²) in [7, 11) is 0. The molecule has 0 bridgehead atoms. The molecule has 41 heavy (non-hydrogen) atoms.